The Hall–Kier alpha value is -1.47. The van der Waals surface area contributed by atoms with Crippen LogP contribution in [0.3, 0.4) is 0 Å². The van der Waals surface area contributed by atoms with Crippen LogP contribution in [0.1, 0.15) is 19.7 Å². The smallest absolute Gasteiger partial charge is 0.213 e. The van der Waals surface area contributed by atoms with E-state index in [1.807, 2.05) is 28.8 Å². The Morgan fingerprint density at radius 3 is 2.83 bits per heavy atom. The normalized spacial score (nSPS) is 12.4. The van der Waals surface area contributed by atoms with Crippen molar-refractivity contribution in [2.45, 2.75) is 25.5 Å². The van der Waals surface area contributed by atoms with Gasteiger partial charge in [0.15, 0.2) is 5.65 Å². The molecule has 6 nitrogen and oxygen atoms in total. The molecule has 2 rings (SSSR count). The minimum atomic E-state index is -3.21. The fraction of sp³-hybridized carbons (Fsp3) is 0.455. The van der Waals surface area contributed by atoms with Crippen LogP contribution in [0.25, 0.3) is 5.65 Å². The minimum absolute atomic E-state index is 0.330. The zero-order chi connectivity index (χ0) is 13.2. The second kappa shape index (κ2) is 5.03. The predicted octanol–water partition coefficient (Wildman–Crippen LogP) is 0.600. The molecule has 0 saturated heterocycles. The molecule has 0 atom stereocenters. The topological polar surface area (TPSA) is 76.4 Å². The Balaban J connectivity index is 2.03. The highest BCUT2D eigenvalue weighted by atomic mass is 32.2. The van der Waals surface area contributed by atoms with E-state index in [1.165, 1.54) is 0 Å². The Bertz CT molecular complexity index is 633. The second-order valence-electron chi connectivity index (χ2n) is 4.28. The van der Waals surface area contributed by atoms with E-state index in [2.05, 4.69) is 14.9 Å². The van der Waals surface area contributed by atoms with Gasteiger partial charge >= 0.3 is 0 Å². The second-order valence-corrected chi connectivity index (χ2v) is 6.60. The molecule has 0 saturated carbocycles. The van der Waals surface area contributed by atoms with Gasteiger partial charge in [0.25, 0.3) is 0 Å². The highest BCUT2D eigenvalue weighted by Gasteiger charge is 2.15. The summed E-state index contributed by atoms with van der Waals surface area (Å²) in [4.78, 5) is 0. The van der Waals surface area contributed by atoms with Gasteiger partial charge in [-0.15, -0.1) is 10.2 Å². The average Bonchev–Trinajstić information content (AvgIpc) is 2.72. The predicted molar refractivity (Wildman–Crippen MR) is 68.7 cm³/mol. The molecular weight excluding hydrogens is 252 g/mol. The molecular formula is C11H16N4O2S. The third kappa shape index (κ3) is 2.68. The summed E-state index contributed by atoms with van der Waals surface area (Å²) in [5.74, 6) is 0.747. The number of nitrogens with one attached hydrogen (secondary N) is 1. The number of hydrogen-bond donors (Lipinski definition) is 1. The van der Waals surface area contributed by atoms with Crippen molar-refractivity contribution in [3.05, 3.63) is 30.2 Å². The van der Waals surface area contributed by atoms with Gasteiger partial charge in [-0.2, -0.15) is 0 Å². The van der Waals surface area contributed by atoms with E-state index in [0.29, 0.717) is 13.0 Å². The molecule has 2 aromatic rings. The molecule has 18 heavy (non-hydrogen) atoms. The fourth-order valence-electron chi connectivity index (χ4n) is 1.53. The molecule has 0 spiro atoms. The zero-order valence-corrected chi connectivity index (χ0v) is 11.2. The van der Waals surface area contributed by atoms with E-state index in [4.69, 9.17) is 0 Å². The van der Waals surface area contributed by atoms with Gasteiger partial charge in [-0.1, -0.05) is 6.07 Å². The molecule has 0 amide bonds. The van der Waals surface area contributed by atoms with Crippen molar-refractivity contribution >= 4 is 15.7 Å². The lowest BCUT2D eigenvalue weighted by Crippen LogP contribution is -2.32. The Labute approximate surface area is 106 Å². The standard InChI is InChI=1S/C11H16N4O2S/c1-9(2)18(16,17)12-7-6-11-14-13-10-5-3-4-8-15(10)11/h3-5,8-9,12H,6-7H2,1-2H3. The number of aromatic nitrogens is 3. The summed E-state index contributed by atoms with van der Waals surface area (Å²) in [6.07, 6.45) is 2.37. The fourth-order valence-corrected chi connectivity index (χ4v) is 2.25. The number of pyridine rings is 1. The summed E-state index contributed by atoms with van der Waals surface area (Å²) in [5, 5.41) is 7.62. The third-order valence-electron chi connectivity index (χ3n) is 2.66. The van der Waals surface area contributed by atoms with Crippen LogP contribution >= 0.6 is 0 Å². The van der Waals surface area contributed by atoms with Crippen molar-refractivity contribution < 1.29 is 8.42 Å². The quantitative estimate of drug-likeness (QED) is 0.861. The van der Waals surface area contributed by atoms with E-state index in [9.17, 15) is 8.42 Å². The molecule has 0 aromatic carbocycles. The van der Waals surface area contributed by atoms with Crippen molar-refractivity contribution in [2.75, 3.05) is 6.54 Å². The highest BCUT2D eigenvalue weighted by molar-refractivity contribution is 7.90. The monoisotopic (exact) mass is 268 g/mol. The average molecular weight is 268 g/mol. The molecule has 0 radical (unpaired) electrons. The molecule has 0 aliphatic rings. The number of nitrogens with zero attached hydrogens (tertiary/aromatic N) is 3. The number of sulfonamides is 1. The van der Waals surface area contributed by atoms with E-state index >= 15 is 0 Å². The Morgan fingerprint density at radius 2 is 2.11 bits per heavy atom. The van der Waals surface area contributed by atoms with Gasteiger partial charge in [0.2, 0.25) is 10.0 Å². The molecule has 1 N–H and O–H groups in total. The summed E-state index contributed by atoms with van der Waals surface area (Å²) in [6, 6.07) is 5.63. The van der Waals surface area contributed by atoms with Crippen LogP contribution in [0.15, 0.2) is 24.4 Å². The van der Waals surface area contributed by atoms with Gasteiger partial charge in [0, 0.05) is 19.2 Å². The van der Waals surface area contributed by atoms with Crippen molar-refractivity contribution in [1.29, 1.82) is 0 Å². The molecule has 2 heterocycles. The van der Waals surface area contributed by atoms with Crippen molar-refractivity contribution in [2.24, 2.45) is 0 Å². The SMILES string of the molecule is CC(C)S(=O)(=O)NCCc1nnc2ccccn12. The van der Waals surface area contributed by atoms with Gasteiger partial charge in [-0.25, -0.2) is 13.1 Å². The first-order chi connectivity index (χ1) is 8.50. The summed E-state index contributed by atoms with van der Waals surface area (Å²) in [5.41, 5.74) is 0.763. The van der Waals surface area contributed by atoms with Crippen LogP contribution in [-0.4, -0.2) is 34.8 Å². The van der Waals surface area contributed by atoms with E-state index in [1.54, 1.807) is 13.8 Å². The van der Waals surface area contributed by atoms with Crippen LogP contribution in [0.4, 0.5) is 0 Å². The van der Waals surface area contributed by atoms with Crippen LogP contribution < -0.4 is 4.72 Å². The number of rotatable bonds is 5. The molecule has 0 bridgehead atoms. The highest BCUT2D eigenvalue weighted by Crippen LogP contribution is 2.03. The number of hydrogen-bond acceptors (Lipinski definition) is 4. The molecule has 0 fully saturated rings. The first kappa shape index (κ1) is 13.0. The Kier molecular flexibility index (Phi) is 3.63. The lowest BCUT2D eigenvalue weighted by molar-refractivity contribution is 0.571. The van der Waals surface area contributed by atoms with Crippen molar-refractivity contribution in [1.82, 2.24) is 19.3 Å². The lowest BCUT2D eigenvalue weighted by Gasteiger charge is -2.08. The lowest BCUT2D eigenvalue weighted by atomic mass is 10.4. The largest absolute Gasteiger partial charge is 0.286 e. The van der Waals surface area contributed by atoms with Gasteiger partial charge in [-0.05, 0) is 26.0 Å². The van der Waals surface area contributed by atoms with E-state index in [0.717, 1.165) is 11.5 Å². The maximum Gasteiger partial charge on any atom is 0.213 e. The number of fused-ring (bicyclic) bond motifs is 1. The minimum Gasteiger partial charge on any atom is -0.286 e. The van der Waals surface area contributed by atoms with Gasteiger partial charge < -0.3 is 0 Å². The van der Waals surface area contributed by atoms with Gasteiger partial charge in [-0.3, -0.25) is 4.40 Å². The van der Waals surface area contributed by atoms with E-state index in [-0.39, 0.29) is 0 Å². The first-order valence-electron chi connectivity index (χ1n) is 5.78. The maximum absolute atomic E-state index is 11.6. The van der Waals surface area contributed by atoms with Crippen LogP contribution in [-0.2, 0) is 16.4 Å². The molecule has 0 unspecified atom stereocenters. The van der Waals surface area contributed by atoms with Gasteiger partial charge in [0.1, 0.15) is 5.82 Å². The summed E-state index contributed by atoms with van der Waals surface area (Å²) >= 11 is 0. The van der Waals surface area contributed by atoms with Gasteiger partial charge in [0.05, 0.1) is 5.25 Å². The maximum atomic E-state index is 11.6. The molecule has 2 aromatic heterocycles. The molecule has 0 aliphatic carbocycles. The zero-order valence-electron chi connectivity index (χ0n) is 10.4. The third-order valence-corrected chi connectivity index (χ3v) is 4.50. The van der Waals surface area contributed by atoms with Crippen LogP contribution in [0.5, 0.6) is 0 Å². The summed E-state index contributed by atoms with van der Waals surface area (Å²) < 4.78 is 27.5. The molecule has 98 valence electrons. The molecule has 7 heteroatoms. The van der Waals surface area contributed by atoms with Crippen molar-refractivity contribution in [3.63, 3.8) is 0 Å². The van der Waals surface area contributed by atoms with Crippen LogP contribution in [0, 0.1) is 0 Å². The Morgan fingerprint density at radius 1 is 1.33 bits per heavy atom. The molecule has 0 aliphatic heterocycles. The van der Waals surface area contributed by atoms with E-state index < -0.39 is 15.3 Å². The summed E-state index contributed by atoms with van der Waals surface area (Å²) in [7, 11) is -3.21. The van der Waals surface area contributed by atoms with Crippen LogP contribution in [0.2, 0.25) is 0 Å². The van der Waals surface area contributed by atoms with Crippen molar-refractivity contribution in [3.8, 4) is 0 Å². The summed E-state index contributed by atoms with van der Waals surface area (Å²) in [6.45, 7) is 3.62. The first-order valence-corrected chi connectivity index (χ1v) is 7.32.